The second kappa shape index (κ2) is 8.08. The molecule has 0 saturated heterocycles. The predicted molar refractivity (Wildman–Crippen MR) is 73.2 cm³/mol. The Morgan fingerprint density at radius 3 is 2.67 bits per heavy atom. The lowest BCUT2D eigenvalue weighted by molar-refractivity contribution is 0.233. The zero-order chi connectivity index (χ0) is 13.4. The second-order valence-electron chi connectivity index (χ2n) is 4.34. The fraction of sp³-hybridized carbons (Fsp3) is 0.750. The summed E-state index contributed by atoms with van der Waals surface area (Å²) in [5.41, 5.74) is 0. The van der Waals surface area contributed by atoms with Crippen LogP contribution >= 0.6 is 11.6 Å². The topological polar surface area (TPSA) is 59.9 Å². The molecule has 0 bridgehead atoms. The third-order valence-corrected chi connectivity index (χ3v) is 2.57. The minimum absolute atomic E-state index is 0.154. The first kappa shape index (κ1) is 15.0. The van der Waals surface area contributed by atoms with Crippen LogP contribution in [0.15, 0.2) is 0 Å². The van der Waals surface area contributed by atoms with Crippen LogP contribution in [0.25, 0.3) is 0 Å². The molecule has 102 valence electrons. The summed E-state index contributed by atoms with van der Waals surface area (Å²) >= 11 is 5.82. The summed E-state index contributed by atoms with van der Waals surface area (Å²) in [6, 6.07) is 0.288. The van der Waals surface area contributed by atoms with Crippen molar-refractivity contribution in [2.45, 2.75) is 40.0 Å². The quantitative estimate of drug-likeness (QED) is 0.788. The Morgan fingerprint density at radius 1 is 1.22 bits per heavy atom. The van der Waals surface area contributed by atoms with E-state index in [4.69, 9.17) is 16.3 Å². The molecular formula is C12H21ClN4O. The molecule has 18 heavy (non-hydrogen) atoms. The van der Waals surface area contributed by atoms with Gasteiger partial charge in [0.25, 0.3) is 0 Å². The van der Waals surface area contributed by atoms with E-state index in [2.05, 4.69) is 41.0 Å². The van der Waals surface area contributed by atoms with Crippen molar-refractivity contribution >= 4 is 17.5 Å². The first-order valence-corrected chi connectivity index (χ1v) is 6.81. The van der Waals surface area contributed by atoms with Crippen LogP contribution in [0, 0.1) is 5.92 Å². The summed E-state index contributed by atoms with van der Waals surface area (Å²) in [4.78, 5) is 12.1. The third kappa shape index (κ3) is 5.49. The summed E-state index contributed by atoms with van der Waals surface area (Å²) < 4.78 is 5.54. The highest BCUT2D eigenvalue weighted by molar-refractivity contribution is 6.28. The molecule has 0 fully saturated rings. The largest absolute Gasteiger partial charge is 0.463 e. The number of rotatable bonds is 8. The predicted octanol–water partition coefficient (Wildman–Crippen LogP) is 3.16. The van der Waals surface area contributed by atoms with E-state index in [1.54, 1.807) is 0 Å². The highest BCUT2D eigenvalue weighted by Crippen LogP contribution is 2.13. The van der Waals surface area contributed by atoms with Crippen molar-refractivity contribution in [3.63, 3.8) is 0 Å². The normalized spacial score (nSPS) is 12.2. The molecule has 0 aliphatic heterocycles. The van der Waals surface area contributed by atoms with Gasteiger partial charge in [0, 0.05) is 6.54 Å². The number of halogens is 1. The van der Waals surface area contributed by atoms with Gasteiger partial charge in [-0.2, -0.15) is 15.0 Å². The Morgan fingerprint density at radius 2 is 2.00 bits per heavy atom. The smallest absolute Gasteiger partial charge is 0.322 e. The van der Waals surface area contributed by atoms with E-state index in [0.29, 0.717) is 18.5 Å². The van der Waals surface area contributed by atoms with Crippen molar-refractivity contribution in [3.8, 4) is 6.01 Å². The number of hydrogen-bond donors (Lipinski definition) is 1. The summed E-state index contributed by atoms with van der Waals surface area (Å²) in [6.45, 7) is 7.76. The Bertz CT molecular complexity index is 362. The molecule has 0 aliphatic carbocycles. The third-order valence-electron chi connectivity index (χ3n) is 2.40. The van der Waals surface area contributed by atoms with Crippen molar-refractivity contribution in [2.75, 3.05) is 18.5 Å². The fourth-order valence-electron chi connectivity index (χ4n) is 1.51. The Balaban J connectivity index is 2.56. The Kier molecular flexibility index (Phi) is 6.72. The molecule has 5 nitrogen and oxygen atoms in total. The molecule has 1 N–H and O–H groups in total. The zero-order valence-corrected chi connectivity index (χ0v) is 12.0. The second-order valence-corrected chi connectivity index (χ2v) is 4.68. The maximum atomic E-state index is 5.82. The van der Waals surface area contributed by atoms with Gasteiger partial charge in [0.05, 0.1) is 6.61 Å². The van der Waals surface area contributed by atoms with E-state index in [9.17, 15) is 0 Å². The lowest BCUT2D eigenvalue weighted by Gasteiger charge is -2.11. The van der Waals surface area contributed by atoms with E-state index in [1.165, 1.54) is 0 Å². The first-order chi connectivity index (χ1) is 8.65. The standard InChI is InChI=1S/C12H21ClN4O/c1-4-6-9(3)8-18-12-16-10(13)15-11(17-12)14-7-5-2/h9H,4-8H2,1-3H3,(H,14,15,16,17). The minimum atomic E-state index is 0.154. The highest BCUT2D eigenvalue weighted by Gasteiger charge is 2.08. The molecule has 1 aromatic rings. The van der Waals surface area contributed by atoms with Gasteiger partial charge in [-0.15, -0.1) is 0 Å². The number of aromatic nitrogens is 3. The van der Waals surface area contributed by atoms with Crippen LogP contribution in [0.5, 0.6) is 6.01 Å². The molecular weight excluding hydrogens is 252 g/mol. The van der Waals surface area contributed by atoms with E-state index in [0.717, 1.165) is 25.8 Å². The SMILES string of the molecule is CCCNc1nc(Cl)nc(OCC(C)CCC)n1. The molecule has 0 amide bonds. The van der Waals surface area contributed by atoms with Crippen LogP contribution in [-0.4, -0.2) is 28.1 Å². The van der Waals surface area contributed by atoms with Crippen molar-refractivity contribution in [3.05, 3.63) is 5.28 Å². The fourth-order valence-corrected chi connectivity index (χ4v) is 1.66. The van der Waals surface area contributed by atoms with Gasteiger partial charge in [0.1, 0.15) is 0 Å². The average Bonchev–Trinajstić information content (AvgIpc) is 2.34. The molecule has 1 atom stereocenters. The lowest BCUT2D eigenvalue weighted by Crippen LogP contribution is -2.12. The minimum Gasteiger partial charge on any atom is -0.463 e. The summed E-state index contributed by atoms with van der Waals surface area (Å²) in [7, 11) is 0. The molecule has 1 rings (SSSR count). The lowest BCUT2D eigenvalue weighted by atomic mass is 10.1. The van der Waals surface area contributed by atoms with Crippen molar-refractivity contribution in [2.24, 2.45) is 5.92 Å². The van der Waals surface area contributed by atoms with Crippen LogP contribution in [0.3, 0.4) is 0 Å². The molecule has 1 unspecified atom stereocenters. The van der Waals surface area contributed by atoms with Crippen LogP contribution in [-0.2, 0) is 0 Å². The van der Waals surface area contributed by atoms with Crippen molar-refractivity contribution in [1.82, 2.24) is 15.0 Å². The summed E-state index contributed by atoms with van der Waals surface area (Å²) in [5, 5.41) is 3.22. The molecule has 1 aromatic heterocycles. The van der Waals surface area contributed by atoms with Gasteiger partial charge in [-0.05, 0) is 30.4 Å². The number of hydrogen-bond acceptors (Lipinski definition) is 5. The van der Waals surface area contributed by atoms with E-state index < -0.39 is 0 Å². The van der Waals surface area contributed by atoms with Gasteiger partial charge >= 0.3 is 6.01 Å². The summed E-state index contributed by atoms with van der Waals surface area (Å²) in [6.07, 6.45) is 3.26. The average molecular weight is 273 g/mol. The van der Waals surface area contributed by atoms with Gasteiger partial charge < -0.3 is 10.1 Å². The van der Waals surface area contributed by atoms with Crippen LogP contribution in [0.4, 0.5) is 5.95 Å². The Hall–Kier alpha value is -1.10. The molecule has 0 spiro atoms. The number of nitrogens with zero attached hydrogens (tertiary/aromatic N) is 3. The zero-order valence-electron chi connectivity index (χ0n) is 11.2. The van der Waals surface area contributed by atoms with Gasteiger partial charge in [0.2, 0.25) is 11.2 Å². The van der Waals surface area contributed by atoms with Gasteiger partial charge in [-0.25, -0.2) is 0 Å². The number of nitrogens with one attached hydrogen (secondary N) is 1. The maximum Gasteiger partial charge on any atom is 0.322 e. The monoisotopic (exact) mass is 272 g/mol. The molecule has 0 radical (unpaired) electrons. The molecule has 0 aliphatic rings. The molecule has 0 saturated carbocycles. The van der Waals surface area contributed by atoms with Crippen molar-refractivity contribution < 1.29 is 4.74 Å². The van der Waals surface area contributed by atoms with Crippen LogP contribution < -0.4 is 10.1 Å². The molecule has 0 aromatic carbocycles. The molecule has 1 heterocycles. The number of anilines is 1. The van der Waals surface area contributed by atoms with Crippen LogP contribution in [0.2, 0.25) is 5.28 Å². The number of ether oxygens (including phenoxy) is 1. The van der Waals surface area contributed by atoms with E-state index in [1.807, 2.05) is 0 Å². The van der Waals surface area contributed by atoms with Gasteiger partial charge in [0.15, 0.2) is 0 Å². The highest BCUT2D eigenvalue weighted by atomic mass is 35.5. The van der Waals surface area contributed by atoms with E-state index >= 15 is 0 Å². The van der Waals surface area contributed by atoms with Crippen LogP contribution in [0.1, 0.15) is 40.0 Å². The maximum absolute atomic E-state index is 5.82. The van der Waals surface area contributed by atoms with Crippen molar-refractivity contribution in [1.29, 1.82) is 0 Å². The summed E-state index contributed by atoms with van der Waals surface area (Å²) in [5.74, 6) is 0.951. The first-order valence-electron chi connectivity index (χ1n) is 6.44. The molecule has 6 heteroatoms. The van der Waals surface area contributed by atoms with Gasteiger partial charge in [-0.3, -0.25) is 0 Å². The van der Waals surface area contributed by atoms with E-state index in [-0.39, 0.29) is 11.3 Å². The van der Waals surface area contributed by atoms with Gasteiger partial charge in [-0.1, -0.05) is 27.2 Å². The Labute approximate surface area is 113 Å².